The minimum absolute atomic E-state index is 0.0166. The Hall–Kier alpha value is -1.41. The molecular weight excluding hydrogens is 374 g/mol. The van der Waals surface area contributed by atoms with E-state index in [0.29, 0.717) is 23.6 Å². The van der Waals surface area contributed by atoms with Crippen molar-refractivity contribution in [1.29, 1.82) is 0 Å². The highest BCUT2D eigenvalue weighted by atomic mass is 32.2. The van der Waals surface area contributed by atoms with Crippen molar-refractivity contribution in [2.75, 3.05) is 29.7 Å². The summed E-state index contributed by atoms with van der Waals surface area (Å²) in [6.07, 6.45) is 5.27. The molecule has 1 saturated carbocycles. The van der Waals surface area contributed by atoms with Gasteiger partial charge in [0, 0.05) is 17.0 Å². The summed E-state index contributed by atoms with van der Waals surface area (Å²) in [5, 5.41) is 2.87. The van der Waals surface area contributed by atoms with Crippen LogP contribution >= 0.6 is 11.8 Å². The minimum Gasteiger partial charge on any atom is -0.493 e. The van der Waals surface area contributed by atoms with Gasteiger partial charge in [-0.2, -0.15) is 0 Å². The van der Waals surface area contributed by atoms with Crippen LogP contribution in [0.5, 0.6) is 11.5 Å². The summed E-state index contributed by atoms with van der Waals surface area (Å²) in [4.78, 5) is 12.2. The molecule has 144 valence electrons. The number of hydrogen-bond donors (Lipinski definition) is 1. The van der Waals surface area contributed by atoms with Crippen molar-refractivity contribution in [3.05, 3.63) is 18.2 Å². The number of methoxy groups -OCH3 is 1. The van der Waals surface area contributed by atoms with Crippen molar-refractivity contribution in [2.45, 2.75) is 43.5 Å². The third-order valence-corrected chi connectivity index (χ3v) is 7.97. The van der Waals surface area contributed by atoms with Crippen LogP contribution in [0.2, 0.25) is 0 Å². The predicted octanol–water partition coefficient (Wildman–Crippen LogP) is 2.88. The fourth-order valence-corrected chi connectivity index (χ4v) is 6.76. The van der Waals surface area contributed by atoms with Crippen molar-refractivity contribution in [3.63, 3.8) is 0 Å². The topological polar surface area (TPSA) is 81.7 Å². The zero-order valence-corrected chi connectivity index (χ0v) is 16.5. The van der Waals surface area contributed by atoms with Gasteiger partial charge in [0.05, 0.1) is 30.5 Å². The van der Waals surface area contributed by atoms with Gasteiger partial charge >= 0.3 is 0 Å². The Balaban J connectivity index is 1.55. The normalized spacial score (nSPS) is 22.3. The Morgan fingerprint density at radius 3 is 2.65 bits per heavy atom. The maximum Gasteiger partial charge on any atom is 0.234 e. The first-order valence-electron chi connectivity index (χ1n) is 8.92. The maximum absolute atomic E-state index is 12.2. The highest BCUT2D eigenvalue weighted by Gasteiger charge is 2.28. The number of ether oxygens (including phenoxy) is 2. The van der Waals surface area contributed by atoms with E-state index in [1.54, 1.807) is 25.3 Å². The zero-order chi connectivity index (χ0) is 18.6. The predicted molar refractivity (Wildman–Crippen MR) is 104 cm³/mol. The third kappa shape index (κ3) is 5.30. The van der Waals surface area contributed by atoms with Crippen LogP contribution in [-0.4, -0.2) is 50.0 Å². The second-order valence-electron chi connectivity index (χ2n) is 6.77. The lowest BCUT2D eigenvalue weighted by atomic mass is 10.2. The van der Waals surface area contributed by atoms with Gasteiger partial charge in [0.2, 0.25) is 5.91 Å². The molecule has 1 aliphatic heterocycles. The molecule has 2 fully saturated rings. The molecule has 0 aromatic heterocycles. The van der Waals surface area contributed by atoms with E-state index in [9.17, 15) is 13.2 Å². The molecule has 1 aromatic carbocycles. The number of nitrogens with one attached hydrogen (secondary N) is 1. The van der Waals surface area contributed by atoms with Crippen molar-refractivity contribution in [2.24, 2.45) is 0 Å². The molecule has 0 bridgehead atoms. The number of carbonyl (C=O) groups excluding carboxylic acids is 1. The van der Waals surface area contributed by atoms with Crippen LogP contribution in [0.25, 0.3) is 0 Å². The fraction of sp³-hybridized carbons (Fsp3) is 0.611. The first-order valence-corrected chi connectivity index (χ1v) is 11.8. The summed E-state index contributed by atoms with van der Waals surface area (Å²) in [6.45, 7) is 0. The molecule has 6 nitrogen and oxygen atoms in total. The summed E-state index contributed by atoms with van der Waals surface area (Å²) in [5.74, 6) is 1.80. The second kappa shape index (κ2) is 8.52. The first-order chi connectivity index (χ1) is 12.4. The van der Waals surface area contributed by atoms with E-state index in [1.807, 2.05) is 0 Å². The molecule has 8 heteroatoms. The van der Waals surface area contributed by atoms with Gasteiger partial charge in [-0.25, -0.2) is 8.42 Å². The number of anilines is 1. The van der Waals surface area contributed by atoms with Crippen molar-refractivity contribution < 1.29 is 22.7 Å². The SMILES string of the molecule is COc1ccc(NC(=O)CS[C@@H]2CCS(=O)(=O)C2)cc1OC1CCCC1. The number of rotatable bonds is 7. The summed E-state index contributed by atoms with van der Waals surface area (Å²) >= 11 is 1.40. The van der Waals surface area contributed by atoms with Crippen LogP contribution in [0, 0.1) is 0 Å². The van der Waals surface area contributed by atoms with Gasteiger partial charge in [-0.15, -0.1) is 11.8 Å². The Kier molecular flexibility index (Phi) is 6.34. The molecule has 1 aromatic rings. The van der Waals surface area contributed by atoms with Gasteiger partial charge in [0.1, 0.15) is 0 Å². The van der Waals surface area contributed by atoms with Crippen molar-refractivity contribution in [1.82, 2.24) is 0 Å². The maximum atomic E-state index is 12.2. The van der Waals surface area contributed by atoms with E-state index >= 15 is 0 Å². The van der Waals surface area contributed by atoms with Crippen LogP contribution in [0.3, 0.4) is 0 Å². The van der Waals surface area contributed by atoms with E-state index in [1.165, 1.54) is 24.6 Å². The zero-order valence-electron chi connectivity index (χ0n) is 14.9. The van der Waals surface area contributed by atoms with Crippen LogP contribution in [0.4, 0.5) is 5.69 Å². The molecule has 1 heterocycles. The molecule has 0 unspecified atom stereocenters. The van der Waals surface area contributed by atoms with Crippen LogP contribution in [0.1, 0.15) is 32.1 Å². The number of hydrogen-bond acceptors (Lipinski definition) is 6. The quantitative estimate of drug-likeness (QED) is 0.759. The summed E-state index contributed by atoms with van der Waals surface area (Å²) < 4.78 is 34.3. The molecule has 0 spiro atoms. The largest absolute Gasteiger partial charge is 0.493 e. The van der Waals surface area contributed by atoms with Crippen molar-refractivity contribution >= 4 is 33.2 Å². The highest BCUT2D eigenvalue weighted by molar-refractivity contribution is 8.02. The fourth-order valence-electron chi connectivity index (χ4n) is 3.32. The standard InChI is InChI=1S/C18H25NO5S2/c1-23-16-7-6-13(10-17(16)24-14-4-2-3-5-14)19-18(20)11-25-15-8-9-26(21,22)12-15/h6-7,10,14-15H,2-5,8-9,11-12H2,1H3,(H,19,20)/t15-/m1/s1. The van der Waals surface area contributed by atoms with Crippen LogP contribution < -0.4 is 14.8 Å². The first kappa shape index (κ1) is 19.4. The van der Waals surface area contributed by atoms with Gasteiger partial charge in [-0.05, 0) is 44.2 Å². The monoisotopic (exact) mass is 399 g/mol. The van der Waals surface area contributed by atoms with Gasteiger partial charge < -0.3 is 14.8 Å². The number of thioether (sulfide) groups is 1. The van der Waals surface area contributed by atoms with Crippen LogP contribution in [0.15, 0.2) is 18.2 Å². The molecule has 1 N–H and O–H groups in total. The summed E-state index contributed by atoms with van der Waals surface area (Å²) in [6, 6.07) is 5.36. The molecule has 2 aliphatic rings. The molecule has 0 radical (unpaired) electrons. The molecular formula is C18H25NO5S2. The Labute approximate surface area is 158 Å². The average Bonchev–Trinajstić information content (AvgIpc) is 3.22. The second-order valence-corrected chi connectivity index (χ2v) is 10.3. The number of sulfone groups is 1. The number of carbonyl (C=O) groups is 1. The number of benzene rings is 1. The van der Waals surface area contributed by atoms with E-state index in [-0.39, 0.29) is 34.5 Å². The van der Waals surface area contributed by atoms with E-state index < -0.39 is 9.84 Å². The Morgan fingerprint density at radius 2 is 2.00 bits per heavy atom. The van der Waals surface area contributed by atoms with Gasteiger partial charge in [-0.1, -0.05) is 0 Å². The Bertz CT molecular complexity index is 744. The summed E-state index contributed by atoms with van der Waals surface area (Å²) in [5.41, 5.74) is 0.656. The minimum atomic E-state index is -2.91. The lowest BCUT2D eigenvalue weighted by Gasteiger charge is -2.17. The molecule has 1 aliphatic carbocycles. The van der Waals surface area contributed by atoms with E-state index in [4.69, 9.17) is 9.47 Å². The average molecular weight is 400 g/mol. The Morgan fingerprint density at radius 1 is 1.23 bits per heavy atom. The van der Waals surface area contributed by atoms with E-state index in [2.05, 4.69) is 5.32 Å². The summed E-state index contributed by atoms with van der Waals surface area (Å²) in [7, 11) is -1.31. The lowest BCUT2D eigenvalue weighted by molar-refractivity contribution is -0.113. The lowest BCUT2D eigenvalue weighted by Crippen LogP contribution is -2.17. The van der Waals surface area contributed by atoms with Gasteiger partial charge in [-0.3, -0.25) is 4.79 Å². The van der Waals surface area contributed by atoms with Gasteiger partial charge in [0.15, 0.2) is 21.3 Å². The number of amides is 1. The van der Waals surface area contributed by atoms with Crippen molar-refractivity contribution in [3.8, 4) is 11.5 Å². The highest BCUT2D eigenvalue weighted by Crippen LogP contribution is 2.34. The molecule has 1 atom stereocenters. The molecule has 3 rings (SSSR count). The third-order valence-electron chi connectivity index (χ3n) is 4.68. The van der Waals surface area contributed by atoms with Gasteiger partial charge in [0.25, 0.3) is 0 Å². The molecule has 26 heavy (non-hydrogen) atoms. The smallest absolute Gasteiger partial charge is 0.234 e. The van der Waals surface area contributed by atoms with Crippen LogP contribution in [-0.2, 0) is 14.6 Å². The molecule has 1 amide bonds. The van der Waals surface area contributed by atoms with E-state index in [0.717, 1.165) is 12.8 Å². The molecule has 1 saturated heterocycles.